The molecule has 0 aliphatic rings. The summed E-state index contributed by atoms with van der Waals surface area (Å²) < 4.78 is 3.30. The molecule has 0 saturated carbocycles. The molecule has 0 aliphatic heterocycles. The average Bonchev–Trinajstić information content (AvgIpc) is 3.13. The predicted octanol–water partition coefficient (Wildman–Crippen LogP) is 4.81. The summed E-state index contributed by atoms with van der Waals surface area (Å²) in [4.78, 5) is 31.7. The molecule has 6 nitrogen and oxygen atoms in total. The lowest BCUT2D eigenvalue weighted by Gasteiger charge is -2.11. The van der Waals surface area contributed by atoms with Gasteiger partial charge in [0.15, 0.2) is 0 Å². The molecule has 0 radical (unpaired) electrons. The lowest BCUT2D eigenvalue weighted by Crippen LogP contribution is -2.26. The fraction of sp³-hybridized carbons (Fsp3) is 0.208. The Labute approximate surface area is 184 Å². The second kappa shape index (κ2) is 8.81. The lowest BCUT2D eigenvalue weighted by atomic mass is 10.1. The first-order chi connectivity index (χ1) is 15.0. The fourth-order valence-electron chi connectivity index (χ4n) is 3.57. The Balaban J connectivity index is 1.76. The molecule has 7 heteroatoms. The van der Waals surface area contributed by atoms with Gasteiger partial charge in [0.2, 0.25) is 5.91 Å². The number of hydrogen-bond acceptors (Lipinski definition) is 4. The van der Waals surface area contributed by atoms with Gasteiger partial charge in [0.05, 0.1) is 6.33 Å². The molecular formula is C24H24N4O2S. The summed E-state index contributed by atoms with van der Waals surface area (Å²) in [6.45, 7) is 3.89. The summed E-state index contributed by atoms with van der Waals surface area (Å²) in [7, 11) is 0. The van der Waals surface area contributed by atoms with Crippen LogP contribution in [0.4, 0.5) is 5.69 Å². The molecule has 1 N–H and O–H groups in total. The van der Waals surface area contributed by atoms with Gasteiger partial charge in [-0.2, -0.15) is 0 Å². The van der Waals surface area contributed by atoms with Crippen LogP contribution >= 0.6 is 11.8 Å². The largest absolute Gasteiger partial charge is 0.332 e. The summed E-state index contributed by atoms with van der Waals surface area (Å²) in [5, 5.41) is 2.93. The molecule has 2 aromatic carbocycles. The highest BCUT2D eigenvalue weighted by molar-refractivity contribution is 7.98. The van der Waals surface area contributed by atoms with Crippen LogP contribution in [0.15, 0.2) is 76.8 Å². The molecule has 4 aromatic rings. The Morgan fingerprint density at radius 2 is 1.90 bits per heavy atom. The normalized spacial score (nSPS) is 11.2. The highest BCUT2D eigenvalue weighted by atomic mass is 32.2. The minimum absolute atomic E-state index is 0.0197. The number of rotatable bonds is 6. The topological polar surface area (TPSA) is 68.9 Å². The Morgan fingerprint density at radius 3 is 2.61 bits per heavy atom. The Kier molecular flexibility index (Phi) is 5.95. The molecule has 0 atom stereocenters. The molecule has 0 fully saturated rings. The molecule has 1 amide bonds. The standard InChI is InChI=1S/C24H24N4O2S/c1-16(2)28-15-25-22-20(17-8-5-4-6-9-17)13-27(23(22)24(28)30)14-21(29)26-18-10-7-11-19(12-18)31-3/h4-13,15-16H,14H2,1-3H3,(H,26,29). The van der Waals surface area contributed by atoms with Crippen molar-refractivity contribution in [2.24, 2.45) is 0 Å². The predicted molar refractivity (Wildman–Crippen MR) is 127 cm³/mol. The van der Waals surface area contributed by atoms with Gasteiger partial charge in [0, 0.05) is 28.4 Å². The minimum Gasteiger partial charge on any atom is -0.332 e. The van der Waals surface area contributed by atoms with Crippen LogP contribution < -0.4 is 10.9 Å². The molecule has 0 saturated heterocycles. The zero-order valence-electron chi connectivity index (χ0n) is 17.7. The molecule has 0 aliphatic carbocycles. The van der Waals surface area contributed by atoms with E-state index in [2.05, 4.69) is 10.3 Å². The SMILES string of the molecule is CSc1cccc(NC(=O)Cn2cc(-c3ccccc3)c3ncn(C(C)C)c(=O)c32)c1. The van der Waals surface area contributed by atoms with Crippen LogP contribution in [-0.4, -0.2) is 26.3 Å². The summed E-state index contributed by atoms with van der Waals surface area (Å²) in [6.07, 6.45) is 5.42. The van der Waals surface area contributed by atoms with Gasteiger partial charge < -0.3 is 9.88 Å². The number of carbonyl (C=O) groups excluding carboxylic acids is 1. The molecule has 0 spiro atoms. The lowest BCUT2D eigenvalue weighted by molar-refractivity contribution is -0.116. The number of fused-ring (bicyclic) bond motifs is 1. The number of carbonyl (C=O) groups is 1. The van der Waals surface area contributed by atoms with Crippen molar-refractivity contribution >= 4 is 34.4 Å². The number of thioether (sulfide) groups is 1. The molecule has 2 heterocycles. The third kappa shape index (κ3) is 4.27. The van der Waals surface area contributed by atoms with E-state index in [4.69, 9.17) is 0 Å². The van der Waals surface area contributed by atoms with E-state index in [9.17, 15) is 9.59 Å². The van der Waals surface area contributed by atoms with Gasteiger partial charge in [0.25, 0.3) is 5.56 Å². The van der Waals surface area contributed by atoms with Crippen LogP contribution in [0.25, 0.3) is 22.2 Å². The van der Waals surface area contributed by atoms with Gasteiger partial charge in [-0.1, -0.05) is 36.4 Å². The van der Waals surface area contributed by atoms with Gasteiger partial charge in [-0.15, -0.1) is 11.8 Å². The summed E-state index contributed by atoms with van der Waals surface area (Å²) >= 11 is 1.61. The number of anilines is 1. The van der Waals surface area contributed by atoms with E-state index >= 15 is 0 Å². The zero-order valence-corrected chi connectivity index (χ0v) is 18.5. The molecule has 0 unspecified atom stereocenters. The highest BCUT2D eigenvalue weighted by Crippen LogP contribution is 2.28. The van der Waals surface area contributed by atoms with E-state index in [1.54, 1.807) is 27.2 Å². The Bertz CT molecular complexity index is 1290. The summed E-state index contributed by atoms with van der Waals surface area (Å²) in [6, 6.07) is 17.4. The van der Waals surface area contributed by atoms with Gasteiger partial charge >= 0.3 is 0 Å². The Hall–Kier alpha value is -3.32. The molecule has 158 valence electrons. The van der Waals surface area contributed by atoms with Gasteiger partial charge in [-0.3, -0.25) is 14.2 Å². The molecule has 31 heavy (non-hydrogen) atoms. The maximum atomic E-state index is 13.2. The van der Waals surface area contributed by atoms with Crippen molar-refractivity contribution in [1.29, 1.82) is 0 Å². The van der Waals surface area contributed by atoms with Crippen LogP contribution in [0.5, 0.6) is 0 Å². The van der Waals surface area contributed by atoms with Crippen molar-refractivity contribution in [1.82, 2.24) is 14.1 Å². The van der Waals surface area contributed by atoms with Gasteiger partial charge in [-0.25, -0.2) is 4.98 Å². The smallest absolute Gasteiger partial charge is 0.278 e. The van der Waals surface area contributed by atoms with Crippen LogP contribution in [0.1, 0.15) is 19.9 Å². The molecule has 2 aromatic heterocycles. The second-order valence-corrected chi connectivity index (χ2v) is 8.44. The first kappa shape index (κ1) is 20.9. The Morgan fingerprint density at radius 1 is 1.13 bits per heavy atom. The van der Waals surface area contributed by atoms with Crippen molar-refractivity contribution < 1.29 is 4.79 Å². The third-order valence-electron chi connectivity index (χ3n) is 5.11. The van der Waals surface area contributed by atoms with Crippen molar-refractivity contribution in [2.45, 2.75) is 31.3 Å². The van der Waals surface area contributed by atoms with E-state index in [1.165, 1.54) is 0 Å². The van der Waals surface area contributed by atoms with E-state index in [1.807, 2.05) is 80.9 Å². The first-order valence-corrected chi connectivity index (χ1v) is 11.3. The van der Waals surface area contributed by atoms with E-state index in [0.29, 0.717) is 11.0 Å². The molecular weight excluding hydrogens is 408 g/mol. The van der Waals surface area contributed by atoms with Gasteiger partial charge in [-0.05, 0) is 43.9 Å². The van der Waals surface area contributed by atoms with E-state index in [-0.39, 0.29) is 24.1 Å². The van der Waals surface area contributed by atoms with Crippen molar-refractivity contribution in [3.05, 3.63) is 77.5 Å². The van der Waals surface area contributed by atoms with E-state index < -0.39 is 0 Å². The van der Waals surface area contributed by atoms with E-state index in [0.717, 1.165) is 21.7 Å². The quantitative estimate of drug-likeness (QED) is 0.444. The highest BCUT2D eigenvalue weighted by Gasteiger charge is 2.18. The number of aromatic nitrogens is 3. The minimum atomic E-state index is -0.200. The number of hydrogen-bond donors (Lipinski definition) is 1. The van der Waals surface area contributed by atoms with Crippen molar-refractivity contribution in [3.8, 4) is 11.1 Å². The number of amides is 1. The molecule has 0 bridgehead atoms. The maximum absolute atomic E-state index is 13.2. The van der Waals surface area contributed by atoms with Crippen molar-refractivity contribution in [2.75, 3.05) is 11.6 Å². The summed E-state index contributed by atoms with van der Waals surface area (Å²) in [5.74, 6) is -0.200. The first-order valence-electron chi connectivity index (χ1n) is 10.1. The van der Waals surface area contributed by atoms with Crippen LogP contribution in [0, 0.1) is 0 Å². The van der Waals surface area contributed by atoms with Crippen LogP contribution in [0.3, 0.4) is 0 Å². The second-order valence-electron chi connectivity index (χ2n) is 7.56. The maximum Gasteiger partial charge on any atom is 0.278 e. The number of nitrogens with one attached hydrogen (secondary N) is 1. The molecule has 4 rings (SSSR count). The van der Waals surface area contributed by atoms with Crippen LogP contribution in [0.2, 0.25) is 0 Å². The zero-order chi connectivity index (χ0) is 22.0. The number of benzene rings is 2. The van der Waals surface area contributed by atoms with Gasteiger partial charge in [0.1, 0.15) is 17.6 Å². The monoisotopic (exact) mass is 432 g/mol. The van der Waals surface area contributed by atoms with Crippen molar-refractivity contribution in [3.63, 3.8) is 0 Å². The summed E-state index contributed by atoms with van der Waals surface area (Å²) in [5.41, 5.74) is 3.40. The number of nitrogens with zero attached hydrogens (tertiary/aromatic N) is 3. The van der Waals surface area contributed by atoms with Crippen LogP contribution in [-0.2, 0) is 11.3 Å². The third-order valence-corrected chi connectivity index (χ3v) is 5.83. The average molecular weight is 433 g/mol. The fourth-order valence-corrected chi connectivity index (χ4v) is 4.03.